The van der Waals surface area contributed by atoms with E-state index in [1.54, 1.807) is 0 Å². The number of hydrogen-bond donors (Lipinski definition) is 1. The molecule has 5 heteroatoms. The summed E-state index contributed by atoms with van der Waals surface area (Å²) in [5, 5.41) is 3.41. The van der Waals surface area contributed by atoms with Crippen molar-refractivity contribution in [2.75, 3.05) is 32.8 Å². The lowest BCUT2D eigenvalue weighted by Gasteiger charge is -2.33. The number of hydrogen-bond acceptors (Lipinski definition) is 3. The topological polar surface area (TPSA) is 41.6 Å². The van der Waals surface area contributed by atoms with Gasteiger partial charge in [-0.1, -0.05) is 6.07 Å². The molecule has 0 spiro atoms. The number of carbonyl (C=O) groups excluding carboxylic acids is 1. The summed E-state index contributed by atoms with van der Waals surface area (Å²) in [5.74, 6) is 0.724. The van der Waals surface area contributed by atoms with Gasteiger partial charge in [-0.15, -0.1) is 12.4 Å². The van der Waals surface area contributed by atoms with E-state index in [0.29, 0.717) is 25.7 Å². The fraction of sp³-hybridized carbons (Fsp3) is 0.611. The van der Waals surface area contributed by atoms with Crippen LogP contribution in [0.2, 0.25) is 0 Å². The number of morpholine rings is 1. The standard InChI is InChI=1S/C18H26N2O2.ClH/c1-13-3-4-16(11-17(13)15-5-7-19-8-6-15)18(21)20-9-10-22-12-14(20)2;/h3-4,11,14-15,19H,5-10,12H2,1-2H3;1H. The SMILES string of the molecule is Cc1ccc(C(=O)N2CCOCC2C)cc1C1CCNCC1.Cl. The number of halogens is 1. The van der Waals surface area contributed by atoms with E-state index in [4.69, 9.17) is 4.74 Å². The summed E-state index contributed by atoms with van der Waals surface area (Å²) in [6.45, 7) is 8.33. The second-order valence-electron chi connectivity index (χ2n) is 6.52. The number of carbonyl (C=O) groups is 1. The maximum Gasteiger partial charge on any atom is 0.254 e. The van der Waals surface area contributed by atoms with Crippen LogP contribution in [0.3, 0.4) is 0 Å². The van der Waals surface area contributed by atoms with E-state index in [1.165, 1.54) is 11.1 Å². The molecule has 1 unspecified atom stereocenters. The van der Waals surface area contributed by atoms with Crippen LogP contribution in [-0.2, 0) is 4.74 Å². The van der Waals surface area contributed by atoms with Gasteiger partial charge >= 0.3 is 0 Å². The van der Waals surface area contributed by atoms with Crippen molar-refractivity contribution in [2.24, 2.45) is 0 Å². The normalized spacial score (nSPS) is 22.5. The number of amides is 1. The second kappa shape index (κ2) is 8.13. The van der Waals surface area contributed by atoms with Gasteiger partial charge in [-0.3, -0.25) is 4.79 Å². The van der Waals surface area contributed by atoms with E-state index in [2.05, 4.69) is 31.3 Å². The van der Waals surface area contributed by atoms with Crippen LogP contribution >= 0.6 is 12.4 Å². The summed E-state index contributed by atoms with van der Waals surface area (Å²) < 4.78 is 5.44. The Bertz CT molecular complexity index is 544. The first-order chi connectivity index (χ1) is 10.7. The third-order valence-corrected chi connectivity index (χ3v) is 4.93. The number of rotatable bonds is 2. The summed E-state index contributed by atoms with van der Waals surface area (Å²) in [4.78, 5) is 14.8. The van der Waals surface area contributed by atoms with Crippen LogP contribution in [0.4, 0.5) is 0 Å². The van der Waals surface area contributed by atoms with Gasteiger partial charge in [0.05, 0.1) is 19.3 Å². The Labute approximate surface area is 145 Å². The number of nitrogens with zero attached hydrogens (tertiary/aromatic N) is 1. The summed E-state index contributed by atoms with van der Waals surface area (Å²) in [5.41, 5.74) is 3.49. The van der Waals surface area contributed by atoms with Crippen molar-refractivity contribution in [3.05, 3.63) is 34.9 Å². The first kappa shape index (κ1) is 18.2. The molecule has 3 rings (SSSR count). The molecule has 2 heterocycles. The predicted octanol–water partition coefficient (Wildman–Crippen LogP) is 2.74. The summed E-state index contributed by atoms with van der Waals surface area (Å²) in [6.07, 6.45) is 2.32. The summed E-state index contributed by atoms with van der Waals surface area (Å²) in [6, 6.07) is 6.38. The van der Waals surface area contributed by atoms with Crippen molar-refractivity contribution in [3.63, 3.8) is 0 Å². The molecule has 0 radical (unpaired) electrons. The molecule has 23 heavy (non-hydrogen) atoms. The van der Waals surface area contributed by atoms with Crippen LogP contribution in [0, 0.1) is 6.92 Å². The van der Waals surface area contributed by atoms with Crippen molar-refractivity contribution in [3.8, 4) is 0 Å². The van der Waals surface area contributed by atoms with Gasteiger partial charge in [-0.05, 0) is 69.0 Å². The Morgan fingerprint density at radius 3 is 2.74 bits per heavy atom. The molecule has 1 aromatic rings. The van der Waals surface area contributed by atoms with Crippen molar-refractivity contribution >= 4 is 18.3 Å². The highest BCUT2D eigenvalue weighted by molar-refractivity contribution is 5.94. The number of benzene rings is 1. The third kappa shape index (κ3) is 4.06. The fourth-order valence-corrected chi connectivity index (χ4v) is 3.54. The zero-order chi connectivity index (χ0) is 15.5. The van der Waals surface area contributed by atoms with Gasteiger partial charge in [-0.25, -0.2) is 0 Å². The molecular formula is C18H27ClN2O2. The van der Waals surface area contributed by atoms with E-state index in [0.717, 1.165) is 31.5 Å². The molecule has 2 fully saturated rings. The summed E-state index contributed by atoms with van der Waals surface area (Å²) >= 11 is 0. The lowest BCUT2D eigenvalue weighted by atomic mass is 9.86. The van der Waals surface area contributed by atoms with Crippen molar-refractivity contribution in [1.29, 1.82) is 0 Å². The highest BCUT2D eigenvalue weighted by Gasteiger charge is 2.26. The average Bonchev–Trinajstić information content (AvgIpc) is 2.56. The van der Waals surface area contributed by atoms with Crippen LogP contribution in [0.1, 0.15) is 47.2 Å². The molecule has 1 atom stereocenters. The Morgan fingerprint density at radius 2 is 2.04 bits per heavy atom. The monoisotopic (exact) mass is 338 g/mol. The number of aryl methyl sites for hydroxylation is 1. The molecule has 1 aromatic carbocycles. The number of ether oxygens (including phenoxy) is 1. The molecule has 0 aliphatic carbocycles. The lowest BCUT2D eigenvalue weighted by molar-refractivity contribution is 0.00359. The molecular weight excluding hydrogens is 312 g/mol. The molecule has 128 valence electrons. The van der Waals surface area contributed by atoms with E-state index < -0.39 is 0 Å². The molecule has 1 N–H and O–H groups in total. The predicted molar refractivity (Wildman–Crippen MR) is 94.6 cm³/mol. The van der Waals surface area contributed by atoms with Gasteiger partial charge in [-0.2, -0.15) is 0 Å². The third-order valence-electron chi connectivity index (χ3n) is 4.93. The zero-order valence-corrected chi connectivity index (χ0v) is 14.8. The smallest absolute Gasteiger partial charge is 0.254 e. The van der Waals surface area contributed by atoms with Crippen LogP contribution in [0.5, 0.6) is 0 Å². The quantitative estimate of drug-likeness (QED) is 0.901. The molecule has 2 aliphatic rings. The van der Waals surface area contributed by atoms with E-state index in [1.807, 2.05) is 11.0 Å². The number of nitrogens with one attached hydrogen (secondary N) is 1. The molecule has 1 amide bonds. The number of piperidine rings is 1. The Morgan fingerprint density at radius 1 is 1.30 bits per heavy atom. The highest BCUT2D eigenvalue weighted by Crippen LogP contribution is 2.29. The minimum Gasteiger partial charge on any atom is -0.377 e. The molecule has 0 saturated carbocycles. The van der Waals surface area contributed by atoms with Crippen molar-refractivity contribution in [2.45, 2.75) is 38.6 Å². The maximum atomic E-state index is 12.8. The van der Waals surface area contributed by atoms with Crippen LogP contribution in [0.15, 0.2) is 18.2 Å². The minimum absolute atomic E-state index is 0. The largest absolute Gasteiger partial charge is 0.377 e. The van der Waals surface area contributed by atoms with Gasteiger partial charge < -0.3 is 15.0 Å². The van der Waals surface area contributed by atoms with E-state index in [-0.39, 0.29) is 24.4 Å². The average molecular weight is 339 g/mol. The van der Waals surface area contributed by atoms with Gasteiger partial charge in [0.25, 0.3) is 5.91 Å². The molecule has 0 aromatic heterocycles. The fourth-order valence-electron chi connectivity index (χ4n) is 3.54. The van der Waals surface area contributed by atoms with Crippen LogP contribution in [-0.4, -0.2) is 49.7 Å². The summed E-state index contributed by atoms with van der Waals surface area (Å²) in [7, 11) is 0. The zero-order valence-electron chi connectivity index (χ0n) is 14.0. The molecule has 2 saturated heterocycles. The Balaban J connectivity index is 0.00000192. The van der Waals surface area contributed by atoms with Crippen LogP contribution < -0.4 is 5.32 Å². The minimum atomic E-state index is 0. The van der Waals surface area contributed by atoms with E-state index in [9.17, 15) is 4.79 Å². The molecule has 2 aliphatic heterocycles. The molecule has 4 nitrogen and oxygen atoms in total. The van der Waals surface area contributed by atoms with Gasteiger partial charge in [0.2, 0.25) is 0 Å². The Hall–Kier alpha value is -1.10. The van der Waals surface area contributed by atoms with Gasteiger partial charge in [0.1, 0.15) is 0 Å². The van der Waals surface area contributed by atoms with Crippen LogP contribution in [0.25, 0.3) is 0 Å². The van der Waals surface area contributed by atoms with E-state index >= 15 is 0 Å². The lowest BCUT2D eigenvalue weighted by Crippen LogP contribution is -2.47. The first-order valence-electron chi connectivity index (χ1n) is 8.37. The highest BCUT2D eigenvalue weighted by atomic mass is 35.5. The first-order valence-corrected chi connectivity index (χ1v) is 8.37. The van der Waals surface area contributed by atoms with Gasteiger partial charge in [0, 0.05) is 12.1 Å². The maximum absolute atomic E-state index is 12.8. The van der Waals surface area contributed by atoms with Gasteiger partial charge in [0.15, 0.2) is 0 Å². The second-order valence-corrected chi connectivity index (χ2v) is 6.52. The Kier molecular flexibility index (Phi) is 6.45. The van der Waals surface area contributed by atoms with Crippen molar-refractivity contribution < 1.29 is 9.53 Å². The molecule has 0 bridgehead atoms. The van der Waals surface area contributed by atoms with Crippen molar-refractivity contribution in [1.82, 2.24) is 10.2 Å².